The molecule has 24 heavy (non-hydrogen) atoms. The fourth-order valence-electron chi connectivity index (χ4n) is 3.21. The van der Waals surface area contributed by atoms with Crippen molar-refractivity contribution in [3.05, 3.63) is 27.7 Å². The van der Waals surface area contributed by atoms with Gasteiger partial charge in [-0.1, -0.05) is 18.0 Å². The molecule has 0 unspecified atom stereocenters. The Morgan fingerprint density at radius 1 is 1.46 bits per heavy atom. The lowest BCUT2D eigenvalue weighted by Gasteiger charge is -2.30. The van der Waals surface area contributed by atoms with Crippen molar-refractivity contribution in [3.8, 4) is 5.75 Å². The van der Waals surface area contributed by atoms with Crippen LogP contribution in [-0.2, 0) is 9.84 Å². The first-order valence-electron chi connectivity index (χ1n) is 7.83. The summed E-state index contributed by atoms with van der Waals surface area (Å²) in [6.07, 6.45) is 3.01. The molecule has 0 heterocycles. The Bertz CT molecular complexity index is 670. The summed E-state index contributed by atoms with van der Waals surface area (Å²) in [6.45, 7) is 0.489. The average Bonchev–Trinajstić information content (AvgIpc) is 2.96. The SMILES string of the molecule is CN(C[C@H](O)COc1ccc(Cl)cc1Br)[C@H]1CCC[C@H]1S(C)(=O)=O. The number of ether oxygens (including phenoxy) is 1. The van der Waals surface area contributed by atoms with E-state index < -0.39 is 15.9 Å². The Morgan fingerprint density at radius 2 is 2.17 bits per heavy atom. The van der Waals surface area contributed by atoms with Crippen LogP contribution in [0.25, 0.3) is 0 Å². The Kier molecular flexibility index (Phi) is 6.96. The van der Waals surface area contributed by atoms with E-state index in [1.807, 2.05) is 11.9 Å². The van der Waals surface area contributed by atoms with Crippen molar-refractivity contribution in [1.29, 1.82) is 0 Å². The zero-order chi connectivity index (χ0) is 17.9. The number of aliphatic hydroxyl groups is 1. The number of benzene rings is 1. The molecule has 0 radical (unpaired) electrons. The van der Waals surface area contributed by atoms with Crippen LogP contribution >= 0.6 is 27.5 Å². The van der Waals surface area contributed by atoms with E-state index in [9.17, 15) is 13.5 Å². The molecule has 2 rings (SSSR count). The Labute approximate surface area is 157 Å². The highest BCUT2D eigenvalue weighted by Crippen LogP contribution is 2.29. The quantitative estimate of drug-likeness (QED) is 0.706. The van der Waals surface area contributed by atoms with Crippen molar-refractivity contribution in [2.45, 2.75) is 36.7 Å². The maximum absolute atomic E-state index is 11.9. The fourth-order valence-corrected chi connectivity index (χ4v) is 5.52. The van der Waals surface area contributed by atoms with E-state index in [1.165, 1.54) is 6.26 Å². The zero-order valence-corrected chi connectivity index (χ0v) is 16.9. The maximum Gasteiger partial charge on any atom is 0.151 e. The molecule has 1 aliphatic rings. The fraction of sp³-hybridized carbons (Fsp3) is 0.625. The van der Waals surface area contributed by atoms with Crippen LogP contribution in [0.4, 0.5) is 0 Å². The standard InChI is InChI=1S/C16H23BrClNO4S/c1-19(14-4-3-5-16(14)24(2,21)22)9-12(20)10-23-15-7-6-11(18)8-13(15)17/h6-8,12,14,16,20H,3-5,9-10H2,1-2H3/t12-,14-,16+/m0/s1. The molecule has 0 spiro atoms. The van der Waals surface area contributed by atoms with Crippen molar-refractivity contribution in [2.24, 2.45) is 0 Å². The molecule has 1 N–H and O–H groups in total. The molecule has 1 fully saturated rings. The summed E-state index contributed by atoms with van der Waals surface area (Å²) in [5.41, 5.74) is 0. The normalized spacial score (nSPS) is 22.8. The van der Waals surface area contributed by atoms with Gasteiger partial charge in [0.05, 0.1) is 9.72 Å². The lowest BCUT2D eigenvalue weighted by molar-refractivity contribution is 0.0640. The number of hydrogen-bond acceptors (Lipinski definition) is 5. The topological polar surface area (TPSA) is 66.8 Å². The minimum atomic E-state index is -3.07. The molecular formula is C16H23BrClNO4S. The molecule has 0 aromatic heterocycles. The van der Waals surface area contributed by atoms with Crippen LogP contribution in [0.15, 0.2) is 22.7 Å². The summed E-state index contributed by atoms with van der Waals surface area (Å²) in [4.78, 5) is 1.93. The van der Waals surface area contributed by atoms with Crippen molar-refractivity contribution >= 4 is 37.4 Å². The maximum atomic E-state index is 11.9. The van der Waals surface area contributed by atoms with Crippen LogP contribution in [0.2, 0.25) is 5.02 Å². The highest BCUT2D eigenvalue weighted by molar-refractivity contribution is 9.10. The predicted molar refractivity (Wildman–Crippen MR) is 99.6 cm³/mol. The molecule has 1 aromatic rings. The van der Waals surface area contributed by atoms with E-state index >= 15 is 0 Å². The minimum Gasteiger partial charge on any atom is -0.490 e. The molecule has 5 nitrogen and oxygen atoms in total. The van der Waals surface area contributed by atoms with Crippen molar-refractivity contribution < 1.29 is 18.3 Å². The Balaban J connectivity index is 1.88. The van der Waals surface area contributed by atoms with Gasteiger partial charge in [0.15, 0.2) is 9.84 Å². The highest BCUT2D eigenvalue weighted by atomic mass is 79.9. The lowest BCUT2D eigenvalue weighted by Crippen LogP contribution is -2.45. The molecule has 1 aliphatic carbocycles. The van der Waals surface area contributed by atoms with Crippen LogP contribution in [0.5, 0.6) is 5.75 Å². The Hall–Kier alpha value is -0.340. The van der Waals surface area contributed by atoms with Gasteiger partial charge < -0.3 is 9.84 Å². The third-order valence-electron chi connectivity index (χ3n) is 4.36. The minimum absolute atomic E-state index is 0.0445. The van der Waals surface area contributed by atoms with Gasteiger partial charge in [-0.3, -0.25) is 4.90 Å². The number of nitrogens with zero attached hydrogens (tertiary/aromatic N) is 1. The number of rotatable bonds is 7. The first-order chi connectivity index (χ1) is 11.2. The number of aliphatic hydroxyl groups excluding tert-OH is 1. The first-order valence-corrected chi connectivity index (χ1v) is 11.0. The van der Waals surface area contributed by atoms with Gasteiger partial charge in [0, 0.05) is 23.9 Å². The molecule has 3 atom stereocenters. The van der Waals surface area contributed by atoms with E-state index in [0.717, 1.165) is 17.3 Å². The van der Waals surface area contributed by atoms with Gasteiger partial charge in [-0.15, -0.1) is 0 Å². The molecular weight excluding hydrogens is 418 g/mol. The largest absolute Gasteiger partial charge is 0.490 e. The molecule has 0 aliphatic heterocycles. The molecule has 0 amide bonds. The van der Waals surface area contributed by atoms with Gasteiger partial charge in [-0.05, 0) is 54.0 Å². The number of sulfone groups is 1. The van der Waals surface area contributed by atoms with Gasteiger partial charge in [0.1, 0.15) is 18.5 Å². The van der Waals surface area contributed by atoms with E-state index in [0.29, 0.717) is 23.7 Å². The van der Waals surface area contributed by atoms with Gasteiger partial charge in [-0.2, -0.15) is 0 Å². The number of hydrogen-bond donors (Lipinski definition) is 1. The molecule has 0 saturated heterocycles. The smallest absolute Gasteiger partial charge is 0.151 e. The third-order valence-corrected chi connectivity index (χ3v) is 6.86. The summed E-state index contributed by atoms with van der Waals surface area (Å²) in [5.74, 6) is 0.607. The second-order valence-corrected chi connectivity index (χ2v) is 9.90. The first kappa shape index (κ1) is 20.0. The van der Waals surface area contributed by atoms with E-state index in [-0.39, 0.29) is 17.9 Å². The second kappa shape index (κ2) is 8.36. The van der Waals surface area contributed by atoms with Crippen molar-refractivity contribution in [3.63, 3.8) is 0 Å². The monoisotopic (exact) mass is 439 g/mol. The highest BCUT2D eigenvalue weighted by Gasteiger charge is 2.37. The van der Waals surface area contributed by atoms with E-state index in [2.05, 4.69) is 15.9 Å². The van der Waals surface area contributed by atoms with Crippen LogP contribution < -0.4 is 4.74 Å². The number of halogens is 2. The van der Waals surface area contributed by atoms with Crippen LogP contribution in [0, 0.1) is 0 Å². The molecule has 136 valence electrons. The van der Waals surface area contributed by atoms with Gasteiger partial charge in [-0.25, -0.2) is 8.42 Å². The molecule has 8 heteroatoms. The van der Waals surface area contributed by atoms with Crippen LogP contribution in [0.3, 0.4) is 0 Å². The summed E-state index contributed by atoms with van der Waals surface area (Å²) in [5, 5.41) is 10.5. The molecule has 1 saturated carbocycles. The van der Waals surface area contributed by atoms with Crippen molar-refractivity contribution in [2.75, 3.05) is 26.5 Å². The molecule has 1 aromatic carbocycles. The number of likely N-dealkylation sites (N-methyl/N-ethyl adjacent to an activating group) is 1. The van der Waals surface area contributed by atoms with Crippen molar-refractivity contribution in [1.82, 2.24) is 4.90 Å². The zero-order valence-electron chi connectivity index (χ0n) is 13.8. The van der Waals surface area contributed by atoms with Gasteiger partial charge in [0.2, 0.25) is 0 Å². The third kappa shape index (κ3) is 5.33. The average molecular weight is 441 g/mol. The summed E-state index contributed by atoms with van der Waals surface area (Å²) in [6, 6.07) is 5.14. The van der Waals surface area contributed by atoms with E-state index in [4.69, 9.17) is 16.3 Å². The van der Waals surface area contributed by atoms with Crippen LogP contribution in [-0.4, -0.2) is 62.3 Å². The van der Waals surface area contributed by atoms with Gasteiger partial charge in [0.25, 0.3) is 0 Å². The van der Waals surface area contributed by atoms with E-state index in [1.54, 1.807) is 18.2 Å². The predicted octanol–water partition coefficient (Wildman–Crippen LogP) is 2.74. The summed E-state index contributed by atoms with van der Waals surface area (Å²) < 4.78 is 30.1. The lowest BCUT2D eigenvalue weighted by atomic mass is 10.2. The van der Waals surface area contributed by atoms with Crippen LogP contribution in [0.1, 0.15) is 19.3 Å². The molecule has 0 bridgehead atoms. The summed E-state index contributed by atoms with van der Waals surface area (Å²) in [7, 11) is -1.21. The second-order valence-electron chi connectivity index (χ2n) is 6.35. The summed E-state index contributed by atoms with van der Waals surface area (Å²) >= 11 is 9.24. The van der Waals surface area contributed by atoms with Gasteiger partial charge >= 0.3 is 0 Å². The Morgan fingerprint density at radius 3 is 2.79 bits per heavy atom.